The van der Waals surface area contributed by atoms with E-state index in [0.717, 1.165) is 23.6 Å². The molecule has 16 heteroatoms. The summed E-state index contributed by atoms with van der Waals surface area (Å²) >= 11 is 0. The van der Waals surface area contributed by atoms with Gasteiger partial charge in [0, 0.05) is 25.5 Å². The molecule has 246 valence electrons. The quantitative estimate of drug-likeness (QED) is 0.116. The van der Waals surface area contributed by atoms with E-state index in [1.54, 1.807) is 48.5 Å². The number of likely N-dealkylation sites (tertiary alicyclic amines) is 1. The van der Waals surface area contributed by atoms with Gasteiger partial charge in [-0.15, -0.1) is 0 Å². The molecule has 3 aromatic rings. The molecule has 1 fully saturated rings. The lowest BCUT2D eigenvalue weighted by Gasteiger charge is -2.30. The Morgan fingerprint density at radius 3 is 1.93 bits per heavy atom. The fourth-order valence-electron chi connectivity index (χ4n) is 4.96. The zero-order valence-corrected chi connectivity index (χ0v) is 26.7. The number of hydrogen-bond donors (Lipinski definition) is 0. The molecule has 0 aliphatic carbocycles. The number of ether oxygens (including phenoxy) is 2. The Kier molecular flexibility index (Phi) is 10.8. The van der Waals surface area contributed by atoms with Gasteiger partial charge in [-0.25, -0.2) is 4.79 Å². The summed E-state index contributed by atoms with van der Waals surface area (Å²) in [5.41, 5.74) is 3.16. The number of carbonyl (C=O) groups is 2. The third kappa shape index (κ3) is 9.81. The van der Waals surface area contributed by atoms with E-state index in [1.807, 2.05) is 0 Å². The van der Waals surface area contributed by atoms with Gasteiger partial charge in [-0.05, 0) is 39.9 Å². The maximum Gasteiger partial charge on any atom is 0.410 e. The second kappa shape index (κ2) is 14.4. The van der Waals surface area contributed by atoms with Gasteiger partial charge in [0.05, 0.1) is 42.7 Å². The topological polar surface area (TPSA) is 186 Å². The van der Waals surface area contributed by atoms with Crippen LogP contribution in [0.15, 0.2) is 72.8 Å². The first-order valence-corrected chi connectivity index (χ1v) is 17.5. The minimum atomic E-state index is -3.89. The predicted molar refractivity (Wildman–Crippen MR) is 164 cm³/mol. The molecule has 0 N–H and O–H groups in total. The van der Waals surface area contributed by atoms with Gasteiger partial charge in [0.2, 0.25) is 0 Å². The summed E-state index contributed by atoms with van der Waals surface area (Å²) in [6.07, 6.45) is -0.893. The molecule has 0 aromatic heterocycles. The second-order valence-corrected chi connectivity index (χ2v) is 13.9. The zero-order chi connectivity index (χ0) is 33.6. The van der Waals surface area contributed by atoms with Crippen LogP contribution < -0.4 is 0 Å². The van der Waals surface area contributed by atoms with Gasteiger partial charge in [-0.1, -0.05) is 48.5 Å². The van der Waals surface area contributed by atoms with Crippen molar-refractivity contribution in [3.63, 3.8) is 0 Å². The number of non-ortho nitro benzene ring substituents is 1. The summed E-state index contributed by atoms with van der Waals surface area (Å²) in [6.45, 7) is 0.735. The van der Waals surface area contributed by atoms with Gasteiger partial charge in [-0.3, -0.25) is 28.2 Å². The van der Waals surface area contributed by atoms with E-state index in [9.17, 15) is 36.5 Å². The number of carbonyl (C=O) groups excluding carboxylic acids is 2. The molecule has 1 heterocycles. The number of nitro benzene ring substituents is 1. The van der Waals surface area contributed by atoms with Crippen molar-refractivity contribution in [1.29, 1.82) is 0 Å². The summed E-state index contributed by atoms with van der Waals surface area (Å²) in [4.78, 5) is 37.2. The number of benzene rings is 3. The number of nitrogens with zero attached hydrogens (tertiary/aromatic N) is 2. The first kappa shape index (κ1) is 34.5. The highest BCUT2D eigenvalue weighted by Gasteiger charge is 2.44. The van der Waals surface area contributed by atoms with Crippen molar-refractivity contribution < 1.29 is 49.2 Å². The van der Waals surface area contributed by atoms with Crippen molar-refractivity contribution in [2.45, 2.75) is 44.8 Å². The smallest absolute Gasteiger partial charge is 0.410 e. The lowest BCUT2D eigenvalue weighted by atomic mass is 9.96. The maximum atomic E-state index is 13.3. The van der Waals surface area contributed by atoms with E-state index in [4.69, 9.17) is 17.8 Å². The van der Waals surface area contributed by atoms with Crippen molar-refractivity contribution >= 4 is 38.0 Å². The lowest BCUT2D eigenvalue weighted by molar-refractivity contribution is -0.384. The van der Waals surface area contributed by atoms with Crippen LogP contribution in [0.4, 0.5) is 10.5 Å². The summed E-state index contributed by atoms with van der Waals surface area (Å²) in [5, 5.41) is 10.9. The Morgan fingerprint density at radius 1 is 0.870 bits per heavy atom. The van der Waals surface area contributed by atoms with Crippen molar-refractivity contribution in [3.05, 3.63) is 99.6 Å². The monoisotopic (exact) mass is 676 g/mol. The standard InChI is InChI=1S/C30H32N2O12S2/c1-20(33)43-29(25-12-10-24(11-13-25)23-8-4-22(5-9-23)19-42-45(2,37)38)28-16-27(44-46(3,39)40)17-31(28)30(34)41-18-21-6-14-26(15-7-21)32(35)36/h4-15,27-29H,16-19H2,1-3H3. The molecular formula is C30H32N2O12S2. The van der Waals surface area contributed by atoms with Gasteiger partial charge in [0.15, 0.2) is 0 Å². The van der Waals surface area contributed by atoms with Crippen LogP contribution >= 0.6 is 0 Å². The molecule has 3 atom stereocenters. The van der Waals surface area contributed by atoms with E-state index in [1.165, 1.54) is 36.1 Å². The van der Waals surface area contributed by atoms with Crippen LogP contribution in [0.2, 0.25) is 0 Å². The second-order valence-electron chi connectivity index (χ2n) is 10.7. The normalized spacial score (nSPS) is 17.3. The van der Waals surface area contributed by atoms with E-state index < -0.39 is 55.5 Å². The molecule has 1 aliphatic heterocycles. The molecule has 0 saturated carbocycles. The molecular weight excluding hydrogens is 644 g/mol. The number of amides is 1. The molecule has 0 bridgehead atoms. The van der Waals surface area contributed by atoms with E-state index in [-0.39, 0.29) is 31.9 Å². The fourth-order valence-corrected chi connectivity index (χ4v) is 5.95. The summed E-state index contributed by atoms with van der Waals surface area (Å²) in [5.74, 6) is -0.632. The number of nitro groups is 1. The molecule has 1 saturated heterocycles. The lowest BCUT2D eigenvalue weighted by Crippen LogP contribution is -2.41. The van der Waals surface area contributed by atoms with Crippen molar-refractivity contribution in [2.75, 3.05) is 19.1 Å². The Bertz CT molecular complexity index is 1780. The number of esters is 1. The minimum absolute atomic E-state index is 0.0103. The van der Waals surface area contributed by atoms with Crippen LogP contribution in [-0.4, -0.2) is 69.9 Å². The molecule has 3 unspecified atom stereocenters. The average molecular weight is 677 g/mol. The van der Waals surface area contributed by atoms with Crippen molar-refractivity contribution in [1.82, 2.24) is 4.90 Å². The van der Waals surface area contributed by atoms with Crippen LogP contribution in [0.25, 0.3) is 11.1 Å². The Balaban J connectivity index is 1.55. The van der Waals surface area contributed by atoms with E-state index in [2.05, 4.69) is 0 Å². The van der Waals surface area contributed by atoms with Gasteiger partial charge in [0.1, 0.15) is 12.7 Å². The van der Waals surface area contributed by atoms with Crippen LogP contribution in [0, 0.1) is 10.1 Å². The van der Waals surface area contributed by atoms with E-state index >= 15 is 0 Å². The van der Waals surface area contributed by atoms with Crippen molar-refractivity contribution in [2.24, 2.45) is 0 Å². The summed E-state index contributed by atoms with van der Waals surface area (Å²) in [6, 6.07) is 18.6. The average Bonchev–Trinajstić information content (AvgIpc) is 3.39. The molecule has 0 spiro atoms. The number of rotatable bonds is 12. The molecule has 3 aromatic carbocycles. The molecule has 14 nitrogen and oxygen atoms in total. The first-order chi connectivity index (χ1) is 21.6. The number of hydrogen-bond acceptors (Lipinski definition) is 12. The Hall–Kier alpha value is -4.38. The Morgan fingerprint density at radius 2 is 1.41 bits per heavy atom. The third-order valence-corrected chi connectivity index (χ3v) is 8.14. The SMILES string of the molecule is CC(=O)OC(c1ccc(-c2ccc(COS(C)(=O)=O)cc2)cc1)C1CC(OS(C)(=O)=O)CN1C(=O)OCc1ccc([N+](=O)[O-])cc1. The van der Waals surface area contributed by atoms with Gasteiger partial charge in [-0.2, -0.15) is 16.8 Å². The molecule has 1 amide bonds. The molecule has 46 heavy (non-hydrogen) atoms. The molecule has 1 aliphatic rings. The highest BCUT2D eigenvalue weighted by Crippen LogP contribution is 2.36. The highest BCUT2D eigenvalue weighted by atomic mass is 32.2. The van der Waals surface area contributed by atoms with Gasteiger partial charge >= 0.3 is 12.1 Å². The van der Waals surface area contributed by atoms with E-state index in [0.29, 0.717) is 16.7 Å². The third-order valence-electron chi connectivity index (χ3n) is 6.97. The highest BCUT2D eigenvalue weighted by molar-refractivity contribution is 7.86. The summed E-state index contributed by atoms with van der Waals surface area (Å²) < 4.78 is 67.5. The molecule has 0 radical (unpaired) electrons. The fraction of sp³-hybridized carbons (Fsp3) is 0.333. The van der Waals surface area contributed by atoms with Crippen LogP contribution in [0.5, 0.6) is 0 Å². The largest absolute Gasteiger partial charge is 0.455 e. The van der Waals surface area contributed by atoms with Gasteiger partial charge in [0.25, 0.3) is 25.9 Å². The zero-order valence-electron chi connectivity index (χ0n) is 25.1. The van der Waals surface area contributed by atoms with Crippen LogP contribution in [0.1, 0.15) is 36.1 Å². The first-order valence-electron chi connectivity index (χ1n) is 13.8. The van der Waals surface area contributed by atoms with Crippen molar-refractivity contribution in [3.8, 4) is 11.1 Å². The molecule has 4 rings (SSSR count). The van der Waals surface area contributed by atoms with Crippen LogP contribution in [-0.2, 0) is 56.1 Å². The Labute approximate surface area is 266 Å². The van der Waals surface area contributed by atoms with Crippen LogP contribution in [0.3, 0.4) is 0 Å². The predicted octanol–water partition coefficient (Wildman–Crippen LogP) is 4.10. The summed E-state index contributed by atoms with van der Waals surface area (Å²) in [7, 11) is -7.47. The minimum Gasteiger partial charge on any atom is -0.455 e. The maximum absolute atomic E-state index is 13.3. The van der Waals surface area contributed by atoms with Gasteiger partial charge < -0.3 is 9.47 Å².